The number of unbranched alkanes of at least 4 members (excludes halogenated alkanes) is 3. The summed E-state index contributed by atoms with van der Waals surface area (Å²) < 4.78 is 0. The van der Waals surface area contributed by atoms with Crippen LogP contribution in [-0.4, -0.2) is 17.5 Å². The summed E-state index contributed by atoms with van der Waals surface area (Å²) in [5, 5.41) is 8.60. The topological polar surface area (TPSA) is 20.2 Å². The Hall–Kier alpha value is -0.470. The van der Waals surface area contributed by atoms with Gasteiger partial charge in [-0.05, 0) is 30.7 Å². The predicted molar refractivity (Wildman–Crippen MR) is 62.7 cm³/mol. The van der Waals surface area contributed by atoms with E-state index in [0.717, 1.165) is 12.8 Å². The molecule has 0 amide bonds. The summed E-state index contributed by atoms with van der Waals surface area (Å²) in [5.41, 5.74) is 0. The molecule has 0 heterocycles. The maximum Gasteiger partial charge on any atom is 0.0431 e. The van der Waals surface area contributed by atoms with E-state index in [1.165, 1.54) is 23.5 Å². The SMILES string of the molecule is OCCCCCCSc1ccccc1. The lowest BCUT2D eigenvalue weighted by atomic mass is 10.2. The van der Waals surface area contributed by atoms with Crippen LogP contribution < -0.4 is 0 Å². The van der Waals surface area contributed by atoms with Crippen molar-refractivity contribution in [3.8, 4) is 0 Å². The zero-order valence-electron chi connectivity index (χ0n) is 8.48. The highest BCUT2D eigenvalue weighted by Crippen LogP contribution is 2.18. The van der Waals surface area contributed by atoms with Crippen molar-refractivity contribution in [3.05, 3.63) is 30.3 Å². The van der Waals surface area contributed by atoms with Gasteiger partial charge in [0.05, 0.1) is 0 Å². The van der Waals surface area contributed by atoms with Crippen molar-refractivity contribution in [1.82, 2.24) is 0 Å². The van der Waals surface area contributed by atoms with Crippen molar-refractivity contribution < 1.29 is 5.11 Å². The van der Waals surface area contributed by atoms with Gasteiger partial charge >= 0.3 is 0 Å². The Morgan fingerprint density at radius 2 is 1.64 bits per heavy atom. The third-order valence-corrected chi connectivity index (χ3v) is 3.16. The fraction of sp³-hybridized carbons (Fsp3) is 0.500. The lowest BCUT2D eigenvalue weighted by molar-refractivity contribution is 0.283. The number of hydrogen-bond acceptors (Lipinski definition) is 2. The highest BCUT2D eigenvalue weighted by molar-refractivity contribution is 7.99. The van der Waals surface area contributed by atoms with Gasteiger partial charge in [0.2, 0.25) is 0 Å². The molecule has 14 heavy (non-hydrogen) atoms. The van der Waals surface area contributed by atoms with Crippen LogP contribution in [0.1, 0.15) is 25.7 Å². The third-order valence-electron chi connectivity index (χ3n) is 2.06. The van der Waals surface area contributed by atoms with Crippen molar-refractivity contribution in [2.75, 3.05) is 12.4 Å². The molecule has 0 aliphatic rings. The Morgan fingerprint density at radius 3 is 2.36 bits per heavy atom. The average molecular weight is 210 g/mol. The van der Waals surface area contributed by atoms with Crippen LogP contribution in [0, 0.1) is 0 Å². The Kier molecular flexibility index (Phi) is 6.54. The molecule has 0 aromatic heterocycles. The van der Waals surface area contributed by atoms with Crippen LogP contribution in [-0.2, 0) is 0 Å². The minimum atomic E-state index is 0.339. The summed E-state index contributed by atoms with van der Waals surface area (Å²) in [5.74, 6) is 1.19. The maximum absolute atomic E-state index is 8.60. The van der Waals surface area contributed by atoms with Crippen LogP contribution in [0.4, 0.5) is 0 Å². The summed E-state index contributed by atoms with van der Waals surface area (Å²) in [6.07, 6.45) is 4.60. The molecule has 0 atom stereocenters. The normalized spacial score (nSPS) is 10.4. The van der Waals surface area contributed by atoms with Gasteiger partial charge in [-0.15, -0.1) is 11.8 Å². The van der Waals surface area contributed by atoms with E-state index in [4.69, 9.17) is 5.11 Å². The second-order valence-electron chi connectivity index (χ2n) is 3.30. The van der Waals surface area contributed by atoms with Gasteiger partial charge in [0.25, 0.3) is 0 Å². The number of thioether (sulfide) groups is 1. The van der Waals surface area contributed by atoms with E-state index in [0.29, 0.717) is 6.61 Å². The zero-order chi connectivity index (χ0) is 10.1. The standard InChI is InChI=1S/C12H18OS/c13-10-6-1-2-7-11-14-12-8-4-3-5-9-12/h3-5,8-9,13H,1-2,6-7,10-11H2. The molecule has 0 radical (unpaired) electrons. The van der Waals surface area contributed by atoms with Crippen molar-refractivity contribution >= 4 is 11.8 Å². The molecule has 0 saturated heterocycles. The van der Waals surface area contributed by atoms with Crippen LogP contribution in [0.15, 0.2) is 35.2 Å². The summed E-state index contributed by atoms with van der Waals surface area (Å²) >= 11 is 1.92. The van der Waals surface area contributed by atoms with Crippen LogP contribution in [0.25, 0.3) is 0 Å². The summed E-state index contributed by atoms with van der Waals surface area (Å²) in [7, 11) is 0. The first-order valence-electron chi connectivity index (χ1n) is 5.22. The fourth-order valence-corrected chi connectivity index (χ4v) is 2.21. The second-order valence-corrected chi connectivity index (χ2v) is 4.47. The minimum Gasteiger partial charge on any atom is -0.396 e. The molecular formula is C12H18OS. The van der Waals surface area contributed by atoms with E-state index in [1.54, 1.807) is 0 Å². The van der Waals surface area contributed by atoms with Gasteiger partial charge in [0, 0.05) is 11.5 Å². The Bertz CT molecular complexity index is 223. The van der Waals surface area contributed by atoms with Gasteiger partial charge in [-0.2, -0.15) is 0 Å². The summed E-state index contributed by atoms with van der Waals surface area (Å²) in [6.45, 7) is 0.339. The quantitative estimate of drug-likeness (QED) is 0.550. The molecular weight excluding hydrogens is 192 g/mol. The molecule has 1 aromatic carbocycles. The van der Waals surface area contributed by atoms with Crippen molar-refractivity contribution in [3.63, 3.8) is 0 Å². The molecule has 0 fully saturated rings. The summed E-state index contributed by atoms with van der Waals surface area (Å²) in [6, 6.07) is 10.5. The van der Waals surface area contributed by atoms with Crippen molar-refractivity contribution in [1.29, 1.82) is 0 Å². The molecule has 0 bridgehead atoms. The number of hydrogen-bond donors (Lipinski definition) is 1. The van der Waals surface area contributed by atoms with Gasteiger partial charge in [0.1, 0.15) is 0 Å². The predicted octanol–water partition coefficient (Wildman–Crippen LogP) is 3.33. The Balaban J connectivity index is 1.99. The van der Waals surface area contributed by atoms with E-state index in [1.807, 2.05) is 17.8 Å². The van der Waals surface area contributed by atoms with Gasteiger partial charge in [0.15, 0.2) is 0 Å². The Labute approximate surface area is 90.5 Å². The minimum absolute atomic E-state index is 0.339. The maximum atomic E-state index is 8.60. The molecule has 0 aliphatic heterocycles. The molecule has 1 rings (SSSR count). The number of benzene rings is 1. The number of aliphatic hydroxyl groups is 1. The highest BCUT2D eigenvalue weighted by atomic mass is 32.2. The average Bonchev–Trinajstić information content (AvgIpc) is 2.25. The molecule has 1 aromatic rings. The van der Waals surface area contributed by atoms with E-state index in [-0.39, 0.29) is 0 Å². The number of rotatable bonds is 7. The Morgan fingerprint density at radius 1 is 0.929 bits per heavy atom. The second kappa shape index (κ2) is 7.89. The smallest absolute Gasteiger partial charge is 0.0431 e. The van der Waals surface area contributed by atoms with E-state index >= 15 is 0 Å². The van der Waals surface area contributed by atoms with Gasteiger partial charge in [-0.1, -0.05) is 31.0 Å². The van der Waals surface area contributed by atoms with E-state index < -0.39 is 0 Å². The molecule has 0 unspecified atom stereocenters. The first kappa shape index (κ1) is 11.6. The van der Waals surface area contributed by atoms with Gasteiger partial charge in [-0.3, -0.25) is 0 Å². The molecule has 1 N–H and O–H groups in total. The van der Waals surface area contributed by atoms with Gasteiger partial charge in [-0.25, -0.2) is 0 Å². The molecule has 78 valence electrons. The molecule has 0 saturated carbocycles. The molecule has 2 heteroatoms. The van der Waals surface area contributed by atoms with Crippen molar-refractivity contribution in [2.45, 2.75) is 30.6 Å². The van der Waals surface area contributed by atoms with Crippen molar-refractivity contribution in [2.24, 2.45) is 0 Å². The van der Waals surface area contributed by atoms with Crippen LogP contribution >= 0.6 is 11.8 Å². The lowest BCUT2D eigenvalue weighted by Crippen LogP contribution is -1.85. The first-order valence-corrected chi connectivity index (χ1v) is 6.21. The molecule has 0 aliphatic carbocycles. The third kappa shape index (κ3) is 5.30. The van der Waals surface area contributed by atoms with Crippen LogP contribution in [0.5, 0.6) is 0 Å². The fourth-order valence-electron chi connectivity index (χ4n) is 1.27. The summed E-state index contributed by atoms with van der Waals surface area (Å²) in [4.78, 5) is 1.36. The zero-order valence-corrected chi connectivity index (χ0v) is 9.30. The highest BCUT2D eigenvalue weighted by Gasteiger charge is 1.92. The van der Waals surface area contributed by atoms with Gasteiger partial charge < -0.3 is 5.11 Å². The van der Waals surface area contributed by atoms with Crippen LogP contribution in [0.2, 0.25) is 0 Å². The lowest BCUT2D eigenvalue weighted by Gasteiger charge is -2.00. The largest absolute Gasteiger partial charge is 0.396 e. The van der Waals surface area contributed by atoms with E-state index in [9.17, 15) is 0 Å². The number of aliphatic hydroxyl groups excluding tert-OH is 1. The van der Waals surface area contributed by atoms with Crippen LogP contribution in [0.3, 0.4) is 0 Å². The first-order chi connectivity index (χ1) is 6.93. The van der Waals surface area contributed by atoms with E-state index in [2.05, 4.69) is 24.3 Å². The monoisotopic (exact) mass is 210 g/mol. The molecule has 1 nitrogen and oxygen atoms in total. The molecule has 0 spiro atoms.